The fraction of sp³-hybridized carbons (Fsp3) is 0.812. The number of carbonyl (C=O) groups is 1. The second-order valence-corrected chi connectivity index (χ2v) is 6.59. The Kier molecular flexibility index (Phi) is 10.0. The van der Waals surface area contributed by atoms with Gasteiger partial charge in [0.25, 0.3) is 0 Å². The number of hydrogen-bond donors (Lipinski definition) is 1. The second kappa shape index (κ2) is 11.7. The SMILES string of the molecule is CCCCCCCCc1nnc(NC(=O)CCCCC)s1. The molecule has 0 aromatic carbocycles. The van der Waals surface area contributed by atoms with E-state index in [0.717, 1.165) is 30.7 Å². The van der Waals surface area contributed by atoms with Gasteiger partial charge in [0.15, 0.2) is 0 Å². The molecule has 120 valence electrons. The van der Waals surface area contributed by atoms with E-state index >= 15 is 0 Å². The van der Waals surface area contributed by atoms with Crippen LogP contribution in [-0.2, 0) is 11.2 Å². The van der Waals surface area contributed by atoms with Gasteiger partial charge < -0.3 is 5.32 Å². The molecule has 0 unspecified atom stereocenters. The highest BCUT2D eigenvalue weighted by Gasteiger charge is 2.07. The van der Waals surface area contributed by atoms with Crippen LogP contribution in [0.25, 0.3) is 0 Å². The van der Waals surface area contributed by atoms with Gasteiger partial charge in [0.05, 0.1) is 0 Å². The number of hydrogen-bond acceptors (Lipinski definition) is 4. The predicted octanol–water partition coefficient (Wildman–Crippen LogP) is 4.96. The topological polar surface area (TPSA) is 54.9 Å². The van der Waals surface area contributed by atoms with Crippen molar-refractivity contribution in [3.63, 3.8) is 0 Å². The number of nitrogens with one attached hydrogen (secondary N) is 1. The van der Waals surface area contributed by atoms with Crippen LogP contribution >= 0.6 is 11.3 Å². The number of carbonyl (C=O) groups excluding carboxylic acids is 1. The highest BCUT2D eigenvalue weighted by atomic mass is 32.1. The quantitative estimate of drug-likeness (QED) is 0.555. The van der Waals surface area contributed by atoms with Gasteiger partial charge in [0.1, 0.15) is 5.01 Å². The summed E-state index contributed by atoms with van der Waals surface area (Å²) in [4.78, 5) is 11.7. The molecule has 1 aromatic heterocycles. The Labute approximate surface area is 132 Å². The van der Waals surface area contributed by atoms with Crippen molar-refractivity contribution >= 4 is 22.4 Å². The molecule has 1 rings (SSSR count). The fourth-order valence-electron chi connectivity index (χ4n) is 2.18. The molecule has 21 heavy (non-hydrogen) atoms. The molecule has 0 aliphatic rings. The van der Waals surface area contributed by atoms with E-state index in [0.29, 0.717) is 11.6 Å². The molecular formula is C16H29N3OS. The van der Waals surface area contributed by atoms with Gasteiger partial charge in [-0.25, -0.2) is 0 Å². The number of unbranched alkanes of at least 4 members (excludes halogenated alkanes) is 7. The summed E-state index contributed by atoms with van der Waals surface area (Å²) < 4.78 is 0. The molecule has 4 nitrogen and oxygen atoms in total. The Morgan fingerprint density at radius 3 is 2.38 bits per heavy atom. The fourth-order valence-corrected chi connectivity index (χ4v) is 2.98. The molecule has 5 heteroatoms. The molecule has 0 bridgehead atoms. The molecule has 0 radical (unpaired) electrons. The first-order valence-electron chi connectivity index (χ1n) is 8.38. The number of nitrogens with zero attached hydrogens (tertiary/aromatic N) is 2. The van der Waals surface area contributed by atoms with Gasteiger partial charge in [-0.15, -0.1) is 10.2 Å². The lowest BCUT2D eigenvalue weighted by molar-refractivity contribution is -0.116. The van der Waals surface area contributed by atoms with Crippen molar-refractivity contribution in [3.8, 4) is 0 Å². The third kappa shape index (κ3) is 8.81. The third-order valence-corrected chi connectivity index (χ3v) is 4.36. The van der Waals surface area contributed by atoms with E-state index in [-0.39, 0.29) is 5.91 Å². The zero-order valence-electron chi connectivity index (χ0n) is 13.5. The summed E-state index contributed by atoms with van der Waals surface area (Å²) in [6.45, 7) is 4.37. The Hall–Kier alpha value is -0.970. The first-order chi connectivity index (χ1) is 10.3. The van der Waals surface area contributed by atoms with E-state index in [1.165, 1.54) is 49.9 Å². The maximum atomic E-state index is 11.7. The standard InChI is InChI=1S/C16H29N3OS/c1-3-5-7-8-9-11-13-15-18-19-16(21-15)17-14(20)12-10-6-4-2/h3-13H2,1-2H3,(H,17,19,20). The van der Waals surface area contributed by atoms with E-state index < -0.39 is 0 Å². The lowest BCUT2D eigenvalue weighted by atomic mass is 10.1. The smallest absolute Gasteiger partial charge is 0.226 e. The minimum absolute atomic E-state index is 0.0608. The van der Waals surface area contributed by atoms with Gasteiger partial charge in [-0.05, 0) is 12.8 Å². The third-order valence-electron chi connectivity index (χ3n) is 3.46. The van der Waals surface area contributed by atoms with Crippen LogP contribution in [0, 0.1) is 0 Å². The van der Waals surface area contributed by atoms with Crippen molar-refractivity contribution in [3.05, 3.63) is 5.01 Å². The van der Waals surface area contributed by atoms with Gasteiger partial charge in [0, 0.05) is 12.8 Å². The first-order valence-corrected chi connectivity index (χ1v) is 9.20. The molecule has 0 aliphatic heterocycles. The van der Waals surface area contributed by atoms with Crippen molar-refractivity contribution < 1.29 is 4.79 Å². The molecule has 0 atom stereocenters. The average molecular weight is 311 g/mol. The Morgan fingerprint density at radius 2 is 1.62 bits per heavy atom. The monoisotopic (exact) mass is 311 g/mol. The van der Waals surface area contributed by atoms with Crippen LogP contribution in [0.3, 0.4) is 0 Å². The van der Waals surface area contributed by atoms with E-state index in [4.69, 9.17) is 0 Å². The second-order valence-electron chi connectivity index (χ2n) is 5.52. The van der Waals surface area contributed by atoms with Gasteiger partial charge in [-0.2, -0.15) is 0 Å². The number of aryl methyl sites for hydroxylation is 1. The van der Waals surface area contributed by atoms with Crippen LogP contribution < -0.4 is 5.32 Å². The lowest BCUT2D eigenvalue weighted by Gasteiger charge is -1.99. The molecule has 0 aliphatic carbocycles. The van der Waals surface area contributed by atoms with E-state index in [1.54, 1.807) is 0 Å². The van der Waals surface area contributed by atoms with Crippen LogP contribution in [0.4, 0.5) is 5.13 Å². The Bertz CT molecular complexity index is 393. The average Bonchev–Trinajstić information content (AvgIpc) is 2.90. The van der Waals surface area contributed by atoms with Crippen molar-refractivity contribution in [2.24, 2.45) is 0 Å². The summed E-state index contributed by atoms with van der Waals surface area (Å²) in [5.41, 5.74) is 0. The molecule has 0 saturated heterocycles. The summed E-state index contributed by atoms with van der Waals surface area (Å²) >= 11 is 1.51. The van der Waals surface area contributed by atoms with Crippen molar-refractivity contribution in [2.45, 2.75) is 84.5 Å². The normalized spacial score (nSPS) is 10.8. The molecular weight excluding hydrogens is 282 g/mol. The van der Waals surface area contributed by atoms with Gasteiger partial charge >= 0.3 is 0 Å². The van der Waals surface area contributed by atoms with Crippen LogP contribution in [-0.4, -0.2) is 16.1 Å². The van der Waals surface area contributed by atoms with Crippen LogP contribution in [0.2, 0.25) is 0 Å². The Morgan fingerprint density at radius 1 is 0.952 bits per heavy atom. The van der Waals surface area contributed by atoms with E-state index in [9.17, 15) is 4.79 Å². The maximum Gasteiger partial charge on any atom is 0.226 e. The van der Waals surface area contributed by atoms with E-state index in [2.05, 4.69) is 29.4 Å². The van der Waals surface area contributed by atoms with Crippen molar-refractivity contribution in [1.29, 1.82) is 0 Å². The van der Waals surface area contributed by atoms with E-state index in [1.807, 2.05) is 0 Å². The largest absolute Gasteiger partial charge is 0.301 e. The highest BCUT2D eigenvalue weighted by Crippen LogP contribution is 2.18. The summed E-state index contributed by atoms with van der Waals surface area (Å²) in [7, 11) is 0. The molecule has 0 saturated carbocycles. The van der Waals surface area contributed by atoms with Crippen LogP contribution in [0.5, 0.6) is 0 Å². The molecule has 0 spiro atoms. The minimum atomic E-state index is 0.0608. The zero-order chi connectivity index (χ0) is 15.3. The molecule has 1 N–H and O–H groups in total. The zero-order valence-corrected chi connectivity index (χ0v) is 14.3. The summed E-state index contributed by atoms with van der Waals surface area (Å²) in [6.07, 6.45) is 12.5. The van der Waals surface area contributed by atoms with Crippen molar-refractivity contribution in [2.75, 3.05) is 5.32 Å². The molecule has 1 amide bonds. The first kappa shape index (κ1) is 18.1. The summed E-state index contributed by atoms with van der Waals surface area (Å²) in [5.74, 6) is 0.0608. The number of rotatable bonds is 12. The Balaban J connectivity index is 2.16. The summed E-state index contributed by atoms with van der Waals surface area (Å²) in [5, 5.41) is 12.7. The number of anilines is 1. The van der Waals surface area contributed by atoms with Crippen molar-refractivity contribution in [1.82, 2.24) is 10.2 Å². The number of amides is 1. The molecule has 1 aromatic rings. The highest BCUT2D eigenvalue weighted by molar-refractivity contribution is 7.15. The predicted molar refractivity (Wildman–Crippen MR) is 89.8 cm³/mol. The summed E-state index contributed by atoms with van der Waals surface area (Å²) in [6, 6.07) is 0. The lowest BCUT2D eigenvalue weighted by Crippen LogP contribution is -2.10. The van der Waals surface area contributed by atoms with Gasteiger partial charge in [-0.3, -0.25) is 4.79 Å². The minimum Gasteiger partial charge on any atom is -0.301 e. The van der Waals surface area contributed by atoms with Gasteiger partial charge in [-0.1, -0.05) is 70.1 Å². The number of aromatic nitrogens is 2. The van der Waals surface area contributed by atoms with Crippen LogP contribution in [0.1, 0.15) is 83.1 Å². The maximum absolute atomic E-state index is 11.7. The molecule has 0 fully saturated rings. The molecule has 1 heterocycles. The van der Waals surface area contributed by atoms with Crippen LogP contribution in [0.15, 0.2) is 0 Å². The van der Waals surface area contributed by atoms with Gasteiger partial charge in [0.2, 0.25) is 11.0 Å².